The fourth-order valence-electron chi connectivity index (χ4n) is 1.86. The summed E-state index contributed by atoms with van der Waals surface area (Å²) in [5, 5.41) is 0. The van der Waals surface area contributed by atoms with Crippen molar-refractivity contribution in [1.82, 2.24) is 0 Å². The van der Waals surface area contributed by atoms with E-state index in [1.165, 1.54) is 0 Å². The van der Waals surface area contributed by atoms with Crippen molar-refractivity contribution in [1.29, 1.82) is 0 Å². The zero-order valence-corrected chi connectivity index (χ0v) is 11.3. The molecule has 0 aliphatic carbocycles. The van der Waals surface area contributed by atoms with Crippen LogP contribution in [0, 0.1) is 12.8 Å². The predicted molar refractivity (Wildman–Crippen MR) is 68.4 cm³/mol. The topological polar surface area (TPSA) is 34.1 Å². The van der Waals surface area contributed by atoms with Gasteiger partial charge in [-0.15, -0.1) is 0 Å². The first-order chi connectivity index (χ1) is 7.31. The molecule has 0 saturated heterocycles. The smallest absolute Gasteiger partial charge is 0.212 e. The van der Waals surface area contributed by atoms with Crippen LogP contribution in [0.1, 0.15) is 30.9 Å². The van der Waals surface area contributed by atoms with Crippen LogP contribution in [0.2, 0.25) is 0 Å². The molecule has 0 fully saturated rings. The van der Waals surface area contributed by atoms with Crippen LogP contribution in [0.5, 0.6) is 0 Å². The molecule has 1 atom stereocenters. The Morgan fingerprint density at radius 2 is 1.81 bits per heavy atom. The van der Waals surface area contributed by atoms with Crippen molar-refractivity contribution in [3.8, 4) is 0 Å². The van der Waals surface area contributed by atoms with Gasteiger partial charge in [-0.25, -0.2) is 8.42 Å². The average molecular weight is 261 g/mol. The highest BCUT2D eigenvalue weighted by molar-refractivity contribution is 8.13. The van der Waals surface area contributed by atoms with Crippen molar-refractivity contribution in [3.63, 3.8) is 0 Å². The maximum Gasteiger partial charge on any atom is 0.233 e. The van der Waals surface area contributed by atoms with E-state index in [4.69, 9.17) is 10.7 Å². The van der Waals surface area contributed by atoms with Crippen LogP contribution in [-0.4, -0.2) is 14.2 Å². The van der Waals surface area contributed by atoms with Gasteiger partial charge in [0.2, 0.25) is 9.05 Å². The van der Waals surface area contributed by atoms with Gasteiger partial charge in [0.25, 0.3) is 0 Å². The van der Waals surface area contributed by atoms with Crippen LogP contribution < -0.4 is 0 Å². The van der Waals surface area contributed by atoms with Gasteiger partial charge in [-0.2, -0.15) is 0 Å². The first-order valence-corrected chi connectivity index (χ1v) is 7.77. The van der Waals surface area contributed by atoms with Crippen LogP contribution in [0.25, 0.3) is 0 Å². The summed E-state index contributed by atoms with van der Waals surface area (Å²) in [5.41, 5.74) is 2.18. The van der Waals surface area contributed by atoms with Gasteiger partial charge in [0.1, 0.15) is 0 Å². The summed E-state index contributed by atoms with van der Waals surface area (Å²) in [6, 6.07) is 7.84. The Hall–Kier alpha value is -0.540. The van der Waals surface area contributed by atoms with Gasteiger partial charge in [-0.05, 0) is 24.0 Å². The van der Waals surface area contributed by atoms with Crippen molar-refractivity contribution >= 4 is 19.7 Å². The number of rotatable bonds is 4. The summed E-state index contributed by atoms with van der Waals surface area (Å²) in [4.78, 5) is 0. The molecule has 0 amide bonds. The third-order valence-corrected chi connectivity index (χ3v) is 3.91. The molecule has 0 bridgehead atoms. The van der Waals surface area contributed by atoms with Crippen LogP contribution in [0.3, 0.4) is 0 Å². The Kier molecular flexibility index (Phi) is 4.39. The summed E-state index contributed by atoms with van der Waals surface area (Å²) in [5.74, 6) is 0.204. The molecule has 0 aliphatic heterocycles. The van der Waals surface area contributed by atoms with Gasteiger partial charge in [-0.3, -0.25) is 0 Å². The van der Waals surface area contributed by atoms with Gasteiger partial charge in [0.15, 0.2) is 0 Å². The molecule has 1 aromatic rings. The Morgan fingerprint density at radius 3 is 2.25 bits per heavy atom. The van der Waals surface area contributed by atoms with Crippen molar-refractivity contribution in [2.45, 2.75) is 26.7 Å². The molecule has 0 aliphatic rings. The molecule has 0 radical (unpaired) electrons. The van der Waals surface area contributed by atoms with Crippen molar-refractivity contribution < 1.29 is 8.42 Å². The van der Waals surface area contributed by atoms with Crippen LogP contribution in [0.4, 0.5) is 0 Å². The molecular formula is C12H17ClO2S. The van der Waals surface area contributed by atoms with E-state index < -0.39 is 9.05 Å². The zero-order valence-electron chi connectivity index (χ0n) is 9.77. The molecule has 0 N–H and O–H groups in total. The molecule has 0 heterocycles. The summed E-state index contributed by atoms with van der Waals surface area (Å²) in [7, 11) is 1.89. The van der Waals surface area contributed by atoms with Crippen molar-refractivity contribution in [2.75, 3.05) is 5.75 Å². The van der Waals surface area contributed by atoms with E-state index in [1.54, 1.807) is 0 Å². The third kappa shape index (κ3) is 3.80. The predicted octanol–water partition coefficient (Wildman–Crippen LogP) is 3.30. The molecule has 90 valence electrons. The van der Waals surface area contributed by atoms with E-state index in [0.717, 1.165) is 11.1 Å². The zero-order chi connectivity index (χ0) is 12.3. The lowest BCUT2D eigenvalue weighted by atomic mass is 9.87. The maximum absolute atomic E-state index is 11.2. The molecule has 2 nitrogen and oxygen atoms in total. The average Bonchev–Trinajstić information content (AvgIpc) is 2.13. The highest BCUT2D eigenvalue weighted by Gasteiger charge is 2.23. The molecule has 16 heavy (non-hydrogen) atoms. The number of halogens is 1. The van der Waals surface area contributed by atoms with E-state index in [2.05, 4.69) is 0 Å². The van der Waals surface area contributed by atoms with E-state index in [0.29, 0.717) is 0 Å². The third-order valence-electron chi connectivity index (χ3n) is 2.77. The Bertz CT molecular complexity index is 452. The van der Waals surface area contributed by atoms with Gasteiger partial charge in [0.05, 0.1) is 5.75 Å². The lowest BCUT2D eigenvalue weighted by Crippen LogP contribution is -2.16. The van der Waals surface area contributed by atoms with Gasteiger partial charge >= 0.3 is 0 Å². The van der Waals surface area contributed by atoms with E-state index in [-0.39, 0.29) is 17.6 Å². The second kappa shape index (κ2) is 5.19. The Morgan fingerprint density at radius 1 is 1.25 bits per heavy atom. The minimum absolute atomic E-state index is 0.00290. The maximum atomic E-state index is 11.2. The quantitative estimate of drug-likeness (QED) is 0.779. The van der Waals surface area contributed by atoms with Crippen molar-refractivity contribution in [2.24, 2.45) is 5.92 Å². The summed E-state index contributed by atoms with van der Waals surface area (Å²) >= 11 is 0. The highest BCUT2D eigenvalue weighted by Crippen LogP contribution is 2.29. The molecule has 0 aromatic heterocycles. The van der Waals surface area contributed by atoms with Crippen LogP contribution in [0.15, 0.2) is 24.3 Å². The normalized spacial score (nSPS) is 14.1. The minimum atomic E-state index is -3.46. The van der Waals surface area contributed by atoms with Crippen LogP contribution >= 0.6 is 10.7 Å². The number of hydrogen-bond donors (Lipinski definition) is 0. The molecule has 1 rings (SSSR count). The number of aryl methyl sites for hydroxylation is 1. The minimum Gasteiger partial charge on any atom is -0.212 e. The highest BCUT2D eigenvalue weighted by atomic mass is 35.7. The molecule has 1 unspecified atom stereocenters. The molecule has 1 aromatic carbocycles. The molecule has 0 saturated carbocycles. The Labute approximate surface area is 102 Å². The second-order valence-corrected chi connectivity index (χ2v) is 7.23. The molecular weight excluding hydrogens is 244 g/mol. The van der Waals surface area contributed by atoms with E-state index >= 15 is 0 Å². The first-order valence-electron chi connectivity index (χ1n) is 5.29. The largest absolute Gasteiger partial charge is 0.233 e. The SMILES string of the molecule is Cc1ccccc1C(CS(=O)(=O)Cl)C(C)C. The van der Waals surface area contributed by atoms with Crippen LogP contribution in [-0.2, 0) is 9.05 Å². The lowest BCUT2D eigenvalue weighted by molar-refractivity contribution is 0.523. The number of hydrogen-bond acceptors (Lipinski definition) is 2. The number of benzene rings is 1. The van der Waals surface area contributed by atoms with Gasteiger partial charge in [0, 0.05) is 16.6 Å². The van der Waals surface area contributed by atoms with Crippen molar-refractivity contribution in [3.05, 3.63) is 35.4 Å². The summed E-state index contributed by atoms with van der Waals surface area (Å²) in [6.07, 6.45) is 0. The fourth-order valence-corrected chi connectivity index (χ4v) is 3.26. The van der Waals surface area contributed by atoms with Gasteiger partial charge < -0.3 is 0 Å². The van der Waals surface area contributed by atoms with Gasteiger partial charge in [-0.1, -0.05) is 38.1 Å². The standard InChI is InChI=1S/C12H17ClO2S/c1-9(2)12(8-16(13,14)15)11-7-5-4-6-10(11)3/h4-7,9,12H,8H2,1-3H3. The second-order valence-electron chi connectivity index (χ2n) is 4.41. The lowest BCUT2D eigenvalue weighted by Gasteiger charge is -2.21. The van der Waals surface area contributed by atoms with E-state index in [9.17, 15) is 8.42 Å². The Balaban J connectivity index is 3.09. The molecule has 4 heteroatoms. The summed E-state index contributed by atoms with van der Waals surface area (Å²) in [6.45, 7) is 6.02. The molecule has 0 spiro atoms. The first kappa shape index (κ1) is 13.5. The summed E-state index contributed by atoms with van der Waals surface area (Å²) < 4.78 is 22.4. The fraction of sp³-hybridized carbons (Fsp3) is 0.500. The monoisotopic (exact) mass is 260 g/mol. The van der Waals surface area contributed by atoms with E-state index in [1.807, 2.05) is 45.0 Å².